The van der Waals surface area contributed by atoms with Crippen molar-refractivity contribution in [3.05, 3.63) is 96.2 Å². The zero-order valence-corrected chi connectivity index (χ0v) is 18.6. The summed E-state index contributed by atoms with van der Waals surface area (Å²) in [6.07, 6.45) is 1.94. The molecule has 1 aromatic heterocycles. The van der Waals surface area contributed by atoms with Crippen LogP contribution in [0.2, 0.25) is 0 Å². The summed E-state index contributed by atoms with van der Waals surface area (Å²) in [7, 11) is 1.92. The average Bonchev–Trinajstić information content (AvgIpc) is 3.03. The van der Waals surface area contributed by atoms with Gasteiger partial charge in [0.25, 0.3) is 0 Å². The van der Waals surface area contributed by atoms with Gasteiger partial charge in [0, 0.05) is 11.1 Å². The van der Waals surface area contributed by atoms with Crippen LogP contribution in [0.4, 0.5) is 5.95 Å². The summed E-state index contributed by atoms with van der Waals surface area (Å²) in [5.41, 5.74) is 12.4. The van der Waals surface area contributed by atoms with Gasteiger partial charge >= 0.3 is 5.95 Å². The number of benzene rings is 3. The molecule has 0 saturated carbocycles. The second kappa shape index (κ2) is 9.09. The number of halogens is 1. The van der Waals surface area contributed by atoms with Gasteiger partial charge in [0.05, 0.1) is 7.05 Å². The molecule has 0 radical (unpaired) electrons. The van der Waals surface area contributed by atoms with E-state index in [1.54, 1.807) is 0 Å². The van der Waals surface area contributed by atoms with Crippen molar-refractivity contribution in [1.82, 2.24) is 4.57 Å². The van der Waals surface area contributed by atoms with Gasteiger partial charge in [0.2, 0.25) is 0 Å². The van der Waals surface area contributed by atoms with E-state index < -0.39 is 0 Å². The van der Waals surface area contributed by atoms with Crippen LogP contribution in [0.1, 0.15) is 15.9 Å². The molecule has 0 atom stereocenters. The van der Waals surface area contributed by atoms with Crippen molar-refractivity contribution < 1.29 is 26.3 Å². The summed E-state index contributed by atoms with van der Waals surface area (Å²) in [5, 5.41) is 0. The average molecular weight is 462 g/mol. The Morgan fingerprint density at radius 1 is 0.867 bits per heavy atom. The number of hydrogen-bond donors (Lipinski definition) is 1. The number of Topliss-reactive ketones (excluding diaryl/α,β-unsaturated/α-hetero) is 1. The molecule has 3 aromatic carbocycles. The zero-order valence-electron chi connectivity index (χ0n) is 17.0. The molecule has 0 amide bonds. The largest absolute Gasteiger partial charge is 1.00 e. The van der Waals surface area contributed by atoms with Gasteiger partial charge in [-0.1, -0.05) is 84.4 Å². The minimum absolute atomic E-state index is 0. The number of aryl methyl sites for hydroxylation is 1. The van der Waals surface area contributed by atoms with Gasteiger partial charge in [-0.3, -0.25) is 10.5 Å². The number of imidazole rings is 1. The van der Waals surface area contributed by atoms with E-state index in [0.717, 1.165) is 22.4 Å². The first kappa shape index (κ1) is 21.5. The SMILES string of the molecule is Cc1ccc(-c2c[n+](CC(=O)c3ccc(-c4ccccc4)cc3)c(N)n2C)cc1.[Br-]. The van der Waals surface area contributed by atoms with Crippen LogP contribution in [0.3, 0.4) is 0 Å². The molecule has 2 N–H and O–H groups in total. The number of aromatic nitrogens is 2. The van der Waals surface area contributed by atoms with Crippen molar-refractivity contribution in [2.24, 2.45) is 7.05 Å². The highest BCUT2D eigenvalue weighted by Crippen LogP contribution is 2.21. The Bertz CT molecular complexity index is 1150. The molecule has 4 rings (SSSR count). The van der Waals surface area contributed by atoms with Crippen LogP contribution in [-0.4, -0.2) is 10.4 Å². The fourth-order valence-electron chi connectivity index (χ4n) is 3.46. The Hall–Kier alpha value is -3.18. The second-order valence-corrected chi connectivity index (χ2v) is 7.29. The number of hydrogen-bond acceptors (Lipinski definition) is 2. The Morgan fingerprint density at radius 2 is 1.43 bits per heavy atom. The van der Waals surface area contributed by atoms with Gasteiger partial charge in [-0.25, -0.2) is 9.13 Å². The first-order valence-corrected chi connectivity index (χ1v) is 9.63. The lowest BCUT2D eigenvalue weighted by atomic mass is 10.0. The van der Waals surface area contributed by atoms with Crippen molar-refractivity contribution in [1.29, 1.82) is 0 Å². The van der Waals surface area contributed by atoms with Gasteiger partial charge in [-0.2, -0.15) is 0 Å². The van der Waals surface area contributed by atoms with Gasteiger partial charge in [0.1, 0.15) is 18.4 Å². The lowest BCUT2D eigenvalue weighted by molar-refractivity contribution is -0.667. The second-order valence-electron chi connectivity index (χ2n) is 7.29. The smallest absolute Gasteiger partial charge is 0.355 e. The minimum Gasteiger partial charge on any atom is -1.00 e. The molecule has 4 nitrogen and oxygen atoms in total. The third-order valence-corrected chi connectivity index (χ3v) is 5.25. The molecule has 0 aliphatic rings. The predicted molar refractivity (Wildman–Crippen MR) is 116 cm³/mol. The number of carbonyl (C=O) groups excluding carboxylic acids is 1. The van der Waals surface area contributed by atoms with Crippen LogP contribution >= 0.6 is 0 Å². The monoisotopic (exact) mass is 461 g/mol. The summed E-state index contributed by atoms with van der Waals surface area (Å²) >= 11 is 0. The maximum atomic E-state index is 12.8. The molecule has 1 heterocycles. The Kier molecular flexibility index (Phi) is 6.53. The molecule has 5 heteroatoms. The van der Waals surface area contributed by atoms with E-state index in [0.29, 0.717) is 11.5 Å². The summed E-state index contributed by atoms with van der Waals surface area (Å²) in [6, 6.07) is 26.1. The molecule has 0 aliphatic carbocycles. The number of rotatable bonds is 5. The fraction of sp³-hybridized carbons (Fsp3) is 0.120. The van der Waals surface area contributed by atoms with Crippen molar-refractivity contribution in [2.75, 3.05) is 5.73 Å². The van der Waals surface area contributed by atoms with Crippen molar-refractivity contribution in [2.45, 2.75) is 13.5 Å². The van der Waals surface area contributed by atoms with E-state index in [2.05, 4.69) is 43.3 Å². The molecular weight excluding hydrogens is 438 g/mol. The molecule has 30 heavy (non-hydrogen) atoms. The quantitative estimate of drug-likeness (QED) is 0.361. The van der Waals surface area contributed by atoms with E-state index >= 15 is 0 Å². The highest BCUT2D eigenvalue weighted by atomic mass is 79.9. The lowest BCUT2D eigenvalue weighted by Crippen LogP contribution is -3.00. The number of nitrogens with two attached hydrogens (primary N) is 1. The number of carbonyl (C=O) groups is 1. The van der Waals surface area contributed by atoms with Crippen LogP contribution in [0.5, 0.6) is 0 Å². The Balaban J connectivity index is 0.00000256. The van der Waals surface area contributed by atoms with E-state index in [4.69, 9.17) is 5.73 Å². The lowest BCUT2D eigenvalue weighted by Gasteiger charge is -2.04. The number of nitrogens with zero attached hydrogens (tertiary/aromatic N) is 2. The molecule has 4 aromatic rings. The first-order chi connectivity index (χ1) is 14.0. The molecule has 0 bridgehead atoms. The molecule has 152 valence electrons. The van der Waals surface area contributed by atoms with Gasteiger partial charge < -0.3 is 17.0 Å². The normalized spacial score (nSPS) is 10.5. The maximum absolute atomic E-state index is 12.8. The maximum Gasteiger partial charge on any atom is 0.355 e. The first-order valence-electron chi connectivity index (χ1n) is 9.63. The van der Waals surface area contributed by atoms with E-state index in [1.165, 1.54) is 5.56 Å². The highest BCUT2D eigenvalue weighted by molar-refractivity contribution is 5.95. The van der Waals surface area contributed by atoms with Crippen molar-refractivity contribution in [3.63, 3.8) is 0 Å². The Labute approximate surface area is 187 Å². The van der Waals surface area contributed by atoms with Crippen LogP contribution < -0.4 is 27.3 Å². The molecule has 0 aliphatic heterocycles. The predicted octanol–water partition coefficient (Wildman–Crippen LogP) is 1.42. The molecular formula is C25H24BrN3O. The number of ketones is 1. The van der Waals surface area contributed by atoms with Crippen molar-refractivity contribution >= 4 is 11.7 Å². The standard InChI is InChI=1S/C25H23N3O.BrH/c1-18-8-10-21(11-9-18)23-16-28(25(26)27(23)2)17-24(29)22-14-12-20(13-15-22)19-6-4-3-5-7-19;/h3-16,26H,17H2,1-2H3;1H. The van der Waals surface area contributed by atoms with E-state index in [-0.39, 0.29) is 29.3 Å². The third-order valence-electron chi connectivity index (χ3n) is 5.25. The van der Waals surface area contributed by atoms with Gasteiger partial charge in [-0.05, 0) is 18.1 Å². The van der Waals surface area contributed by atoms with E-state index in [1.807, 2.05) is 64.8 Å². The van der Waals surface area contributed by atoms with Crippen LogP contribution in [0, 0.1) is 6.92 Å². The third kappa shape index (κ3) is 4.36. The zero-order chi connectivity index (χ0) is 20.4. The molecule has 0 fully saturated rings. The van der Waals surface area contributed by atoms with Crippen LogP contribution in [0.25, 0.3) is 22.4 Å². The summed E-state index contributed by atoms with van der Waals surface area (Å²) in [4.78, 5) is 12.8. The van der Waals surface area contributed by atoms with Gasteiger partial charge in [-0.15, -0.1) is 0 Å². The van der Waals surface area contributed by atoms with Crippen molar-refractivity contribution in [3.8, 4) is 22.4 Å². The summed E-state index contributed by atoms with van der Waals surface area (Å²) < 4.78 is 3.72. The molecule has 0 saturated heterocycles. The summed E-state index contributed by atoms with van der Waals surface area (Å²) in [5.74, 6) is 0.581. The minimum atomic E-state index is 0. The molecule has 0 unspecified atom stereocenters. The Morgan fingerprint density at radius 3 is 2.07 bits per heavy atom. The highest BCUT2D eigenvalue weighted by Gasteiger charge is 2.20. The topological polar surface area (TPSA) is 51.9 Å². The molecule has 0 spiro atoms. The fourth-order valence-corrected chi connectivity index (χ4v) is 3.46. The van der Waals surface area contributed by atoms with E-state index in [9.17, 15) is 4.79 Å². The van der Waals surface area contributed by atoms with Gasteiger partial charge in [0.15, 0.2) is 5.78 Å². The van der Waals surface area contributed by atoms with Crippen LogP contribution in [-0.2, 0) is 13.6 Å². The summed E-state index contributed by atoms with van der Waals surface area (Å²) in [6.45, 7) is 2.27. The number of nitrogen functional groups attached to an aromatic ring is 1. The van der Waals surface area contributed by atoms with Crippen LogP contribution in [0.15, 0.2) is 85.1 Å². The number of anilines is 1.